The summed E-state index contributed by atoms with van der Waals surface area (Å²) in [4.78, 5) is 8.23. The predicted octanol–water partition coefficient (Wildman–Crippen LogP) is 4.90. The van der Waals surface area contributed by atoms with Gasteiger partial charge in [-0.3, -0.25) is 4.98 Å². The smallest absolute Gasteiger partial charge is 0.370 e. The number of nitrogens with zero attached hydrogens (tertiary/aromatic N) is 3. The van der Waals surface area contributed by atoms with Crippen LogP contribution in [0.5, 0.6) is 0 Å². The van der Waals surface area contributed by atoms with Crippen molar-refractivity contribution in [2.24, 2.45) is 0 Å². The average molecular weight is 379 g/mol. The number of hydrogen-bond donors (Lipinski definition) is 0. The van der Waals surface area contributed by atoms with Gasteiger partial charge in [0.15, 0.2) is 0 Å². The Kier molecular flexibility index (Phi) is 5.46. The third-order valence-electron chi connectivity index (χ3n) is 4.59. The maximum atomic E-state index is 13.3. The van der Waals surface area contributed by atoms with E-state index in [1.807, 2.05) is 0 Å². The van der Waals surface area contributed by atoms with E-state index in [-0.39, 0.29) is 0 Å². The minimum atomic E-state index is -4.39. The van der Waals surface area contributed by atoms with Crippen molar-refractivity contribution in [1.82, 2.24) is 4.98 Å². The Bertz CT molecular complexity index is 771. The van der Waals surface area contributed by atoms with Gasteiger partial charge in [-0.1, -0.05) is 12.2 Å². The summed E-state index contributed by atoms with van der Waals surface area (Å²) in [6, 6.07) is 7.42. The number of alkyl halides is 3. The Balaban J connectivity index is 2.02. The summed E-state index contributed by atoms with van der Waals surface area (Å²) in [5.41, 5.74) is 1.34. The zero-order valence-electron chi connectivity index (χ0n) is 14.5. The first-order valence-corrected chi connectivity index (χ1v) is 8.93. The van der Waals surface area contributed by atoms with E-state index in [4.69, 9.17) is 12.2 Å². The number of rotatable bonds is 3. The van der Waals surface area contributed by atoms with E-state index in [1.165, 1.54) is 6.07 Å². The van der Waals surface area contributed by atoms with Crippen LogP contribution >= 0.6 is 12.2 Å². The molecule has 0 spiro atoms. The lowest BCUT2D eigenvalue weighted by Crippen LogP contribution is -2.33. The molecule has 0 aliphatic carbocycles. The molecule has 1 aliphatic rings. The van der Waals surface area contributed by atoms with Gasteiger partial charge >= 0.3 is 6.18 Å². The van der Waals surface area contributed by atoms with Crippen LogP contribution in [0.15, 0.2) is 42.7 Å². The van der Waals surface area contributed by atoms with Crippen LogP contribution in [0.3, 0.4) is 0 Å². The molecular weight excluding hydrogens is 359 g/mol. The van der Waals surface area contributed by atoms with Crippen LogP contribution in [-0.2, 0) is 6.18 Å². The molecule has 3 nitrogen and oxygen atoms in total. The molecule has 2 aromatic rings. The van der Waals surface area contributed by atoms with Gasteiger partial charge in [-0.15, -0.1) is 0 Å². The van der Waals surface area contributed by atoms with E-state index >= 15 is 0 Å². The highest BCUT2D eigenvalue weighted by Crippen LogP contribution is 2.38. The number of piperidine rings is 1. The van der Waals surface area contributed by atoms with Crippen molar-refractivity contribution < 1.29 is 13.2 Å². The second-order valence-electron chi connectivity index (χ2n) is 6.35. The lowest BCUT2D eigenvalue weighted by Gasteiger charge is -2.33. The van der Waals surface area contributed by atoms with Crippen LogP contribution in [0.25, 0.3) is 0 Å². The van der Waals surface area contributed by atoms with E-state index in [9.17, 15) is 13.2 Å². The molecule has 138 valence electrons. The van der Waals surface area contributed by atoms with E-state index in [1.54, 1.807) is 42.5 Å². The van der Waals surface area contributed by atoms with Crippen LogP contribution in [-0.4, -0.2) is 30.1 Å². The molecule has 1 saturated heterocycles. The number of anilines is 2. The lowest BCUT2D eigenvalue weighted by atomic mass is 10.1. The molecule has 3 rings (SSSR count). The van der Waals surface area contributed by atoms with Gasteiger partial charge in [0, 0.05) is 38.1 Å². The summed E-state index contributed by atoms with van der Waals surface area (Å²) in [6.45, 7) is 1.68. The van der Waals surface area contributed by atoms with Gasteiger partial charge in [0.2, 0.25) is 0 Å². The van der Waals surface area contributed by atoms with Gasteiger partial charge < -0.3 is 9.80 Å². The first kappa shape index (κ1) is 18.6. The Morgan fingerprint density at radius 2 is 1.73 bits per heavy atom. The number of halogens is 3. The van der Waals surface area contributed by atoms with Crippen LogP contribution in [0.2, 0.25) is 0 Å². The summed E-state index contributed by atoms with van der Waals surface area (Å²) in [6.07, 6.45) is 2.07. The Morgan fingerprint density at radius 3 is 2.35 bits per heavy atom. The highest BCUT2D eigenvalue weighted by Gasteiger charge is 2.32. The lowest BCUT2D eigenvalue weighted by molar-refractivity contribution is -0.137. The zero-order chi connectivity index (χ0) is 18.7. The summed E-state index contributed by atoms with van der Waals surface area (Å²) >= 11 is 5.52. The van der Waals surface area contributed by atoms with Crippen molar-refractivity contribution in [3.05, 3.63) is 53.9 Å². The first-order chi connectivity index (χ1) is 12.4. The SMILES string of the molecule is CN(C(=S)c1ccncc1)c1cc(C(F)(F)F)ccc1N1CCCCC1. The highest BCUT2D eigenvalue weighted by molar-refractivity contribution is 7.81. The monoisotopic (exact) mass is 379 g/mol. The molecule has 1 aromatic heterocycles. The van der Waals surface area contributed by atoms with Gasteiger partial charge in [0.05, 0.1) is 16.9 Å². The fraction of sp³-hybridized carbons (Fsp3) is 0.368. The normalized spacial score (nSPS) is 15.0. The van der Waals surface area contributed by atoms with E-state index in [0.29, 0.717) is 10.7 Å². The standard InChI is InChI=1S/C19H20F3N3S/c1-24(18(26)14-7-9-23-10-8-14)17-13-15(19(20,21)22)5-6-16(17)25-11-3-2-4-12-25/h5-10,13H,2-4,11-12H2,1H3. The first-order valence-electron chi connectivity index (χ1n) is 8.52. The van der Waals surface area contributed by atoms with Gasteiger partial charge in [0.25, 0.3) is 0 Å². The molecule has 0 amide bonds. The molecule has 0 atom stereocenters. The fourth-order valence-electron chi connectivity index (χ4n) is 3.17. The number of benzene rings is 1. The van der Waals surface area contributed by atoms with Gasteiger partial charge in [-0.05, 0) is 49.6 Å². The fourth-order valence-corrected chi connectivity index (χ4v) is 3.40. The molecule has 0 radical (unpaired) electrons. The van der Waals surface area contributed by atoms with Crippen molar-refractivity contribution in [3.63, 3.8) is 0 Å². The second kappa shape index (κ2) is 7.61. The van der Waals surface area contributed by atoms with Crippen LogP contribution < -0.4 is 9.80 Å². The molecule has 0 bridgehead atoms. The molecular formula is C19H20F3N3S. The predicted molar refractivity (Wildman–Crippen MR) is 102 cm³/mol. The summed E-state index contributed by atoms with van der Waals surface area (Å²) in [5.74, 6) is 0. The quantitative estimate of drug-likeness (QED) is 0.706. The van der Waals surface area contributed by atoms with Gasteiger partial charge in [-0.2, -0.15) is 13.2 Å². The molecule has 2 heterocycles. The van der Waals surface area contributed by atoms with Crippen molar-refractivity contribution in [2.75, 3.05) is 29.9 Å². The Hall–Kier alpha value is -2.15. The molecule has 7 heteroatoms. The van der Waals surface area contributed by atoms with Crippen LogP contribution in [0, 0.1) is 0 Å². The topological polar surface area (TPSA) is 19.4 Å². The zero-order valence-corrected chi connectivity index (χ0v) is 15.3. The van der Waals surface area contributed by atoms with Crippen molar-refractivity contribution in [1.29, 1.82) is 0 Å². The summed E-state index contributed by atoms with van der Waals surface area (Å²) in [5, 5.41) is 0. The highest BCUT2D eigenvalue weighted by atomic mass is 32.1. The minimum Gasteiger partial charge on any atom is -0.370 e. The molecule has 0 unspecified atom stereocenters. The second-order valence-corrected chi connectivity index (χ2v) is 6.74. The summed E-state index contributed by atoms with van der Waals surface area (Å²) in [7, 11) is 1.71. The number of thiocarbonyl (C=S) groups is 1. The van der Waals surface area contributed by atoms with Crippen molar-refractivity contribution >= 4 is 28.6 Å². The Labute approximate surface area is 156 Å². The third kappa shape index (κ3) is 3.98. The minimum absolute atomic E-state index is 0.463. The van der Waals surface area contributed by atoms with E-state index < -0.39 is 11.7 Å². The largest absolute Gasteiger partial charge is 0.416 e. The molecule has 1 aromatic carbocycles. The van der Waals surface area contributed by atoms with E-state index in [2.05, 4.69) is 9.88 Å². The van der Waals surface area contributed by atoms with Crippen LogP contribution in [0.4, 0.5) is 24.5 Å². The Morgan fingerprint density at radius 1 is 1.08 bits per heavy atom. The van der Waals surface area contributed by atoms with Gasteiger partial charge in [-0.25, -0.2) is 0 Å². The average Bonchev–Trinajstić information content (AvgIpc) is 2.67. The third-order valence-corrected chi connectivity index (χ3v) is 5.10. The number of hydrogen-bond acceptors (Lipinski definition) is 3. The maximum absolute atomic E-state index is 13.3. The number of aromatic nitrogens is 1. The van der Waals surface area contributed by atoms with Gasteiger partial charge in [0.1, 0.15) is 4.99 Å². The van der Waals surface area contributed by atoms with Crippen molar-refractivity contribution in [2.45, 2.75) is 25.4 Å². The van der Waals surface area contributed by atoms with Crippen LogP contribution in [0.1, 0.15) is 30.4 Å². The maximum Gasteiger partial charge on any atom is 0.416 e. The molecule has 1 aliphatic heterocycles. The van der Waals surface area contributed by atoms with E-state index in [0.717, 1.165) is 49.7 Å². The molecule has 1 fully saturated rings. The number of pyridine rings is 1. The molecule has 26 heavy (non-hydrogen) atoms. The van der Waals surface area contributed by atoms with Crippen molar-refractivity contribution in [3.8, 4) is 0 Å². The molecule has 0 N–H and O–H groups in total. The summed E-state index contributed by atoms with van der Waals surface area (Å²) < 4.78 is 39.8. The molecule has 0 saturated carbocycles.